The van der Waals surface area contributed by atoms with Crippen LogP contribution in [0.5, 0.6) is 0 Å². The number of carbonyl (C=O) groups excluding carboxylic acids is 1. The van der Waals surface area contributed by atoms with Crippen molar-refractivity contribution >= 4 is 5.91 Å². The van der Waals surface area contributed by atoms with Crippen molar-refractivity contribution in [3.8, 4) is 0 Å². The normalized spacial score (nSPS) is 21.6. The van der Waals surface area contributed by atoms with Crippen molar-refractivity contribution in [2.45, 2.75) is 25.7 Å². The highest BCUT2D eigenvalue weighted by Crippen LogP contribution is 2.35. The van der Waals surface area contributed by atoms with E-state index in [9.17, 15) is 9.18 Å². The number of benzene rings is 1. The van der Waals surface area contributed by atoms with E-state index in [4.69, 9.17) is 0 Å². The number of nitrogens with zero attached hydrogens (tertiary/aromatic N) is 4. The summed E-state index contributed by atoms with van der Waals surface area (Å²) in [5.74, 6) is 0.252. The van der Waals surface area contributed by atoms with E-state index in [-0.39, 0.29) is 17.1 Å². The fourth-order valence-electron chi connectivity index (χ4n) is 5.19. The van der Waals surface area contributed by atoms with Crippen LogP contribution in [0.1, 0.15) is 33.7 Å². The SMILES string of the molecule is Cc1ncnc(C)c1C(=O)N1CC2=CN(CCC3(c4cccc(F)c4)CNC3)CC2C1. The third-order valence-corrected chi connectivity index (χ3v) is 7.11. The molecule has 1 aromatic heterocycles. The third-order valence-electron chi connectivity index (χ3n) is 7.11. The zero-order valence-electron chi connectivity index (χ0n) is 18.1. The van der Waals surface area contributed by atoms with Crippen LogP contribution in [0, 0.1) is 25.6 Å². The van der Waals surface area contributed by atoms with Gasteiger partial charge in [-0.05, 0) is 43.5 Å². The van der Waals surface area contributed by atoms with E-state index in [0.29, 0.717) is 18.0 Å². The third kappa shape index (κ3) is 3.61. The molecule has 2 fully saturated rings. The molecular formula is C24H28FN5O. The van der Waals surface area contributed by atoms with Crippen LogP contribution in [0.3, 0.4) is 0 Å². The number of fused-ring (bicyclic) bond motifs is 1. The van der Waals surface area contributed by atoms with Gasteiger partial charge in [0, 0.05) is 56.8 Å². The largest absolute Gasteiger partial charge is 0.377 e. The van der Waals surface area contributed by atoms with E-state index in [1.54, 1.807) is 12.1 Å². The van der Waals surface area contributed by atoms with Crippen LogP contribution in [0.15, 0.2) is 42.4 Å². The van der Waals surface area contributed by atoms with Gasteiger partial charge in [0.2, 0.25) is 0 Å². The fraction of sp³-hybridized carbons (Fsp3) is 0.458. The molecule has 1 atom stereocenters. The molecule has 3 aliphatic heterocycles. The molecule has 4 heterocycles. The maximum absolute atomic E-state index is 13.7. The van der Waals surface area contributed by atoms with Crippen molar-refractivity contribution in [3.05, 3.63) is 70.7 Å². The summed E-state index contributed by atoms with van der Waals surface area (Å²) in [7, 11) is 0. The Morgan fingerprint density at radius 2 is 2.00 bits per heavy atom. The number of carbonyl (C=O) groups is 1. The van der Waals surface area contributed by atoms with Gasteiger partial charge < -0.3 is 15.1 Å². The number of hydrogen-bond donors (Lipinski definition) is 1. The lowest BCUT2D eigenvalue weighted by Gasteiger charge is -2.44. The van der Waals surface area contributed by atoms with Crippen LogP contribution in [-0.4, -0.2) is 64.9 Å². The zero-order chi connectivity index (χ0) is 21.6. The maximum atomic E-state index is 13.7. The molecule has 3 aliphatic rings. The lowest BCUT2D eigenvalue weighted by atomic mass is 9.72. The molecule has 162 valence electrons. The Kier molecular flexibility index (Phi) is 5.01. The first-order valence-electron chi connectivity index (χ1n) is 10.9. The summed E-state index contributed by atoms with van der Waals surface area (Å²) in [6.45, 7) is 8.81. The second kappa shape index (κ2) is 7.71. The van der Waals surface area contributed by atoms with Crippen LogP contribution in [-0.2, 0) is 5.41 Å². The number of hydrogen-bond acceptors (Lipinski definition) is 5. The second-order valence-electron chi connectivity index (χ2n) is 9.15. The monoisotopic (exact) mass is 421 g/mol. The van der Waals surface area contributed by atoms with Crippen LogP contribution < -0.4 is 5.32 Å². The summed E-state index contributed by atoms with van der Waals surface area (Å²) in [5, 5.41) is 3.37. The van der Waals surface area contributed by atoms with Crippen molar-refractivity contribution in [3.63, 3.8) is 0 Å². The molecule has 7 heteroatoms. The molecule has 1 aromatic carbocycles. The predicted molar refractivity (Wildman–Crippen MR) is 116 cm³/mol. The molecule has 5 rings (SSSR count). The van der Waals surface area contributed by atoms with Gasteiger partial charge in [-0.15, -0.1) is 0 Å². The molecule has 1 unspecified atom stereocenters. The Labute approximate surface area is 182 Å². The Morgan fingerprint density at radius 1 is 1.23 bits per heavy atom. The lowest BCUT2D eigenvalue weighted by Crippen LogP contribution is -2.57. The number of aryl methyl sites for hydroxylation is 2. The Balaban J connectivity index is 1.23. The van der Waals surface area contributed by atoms with Gasteiger partial charge in [0.25, 0.3) is 5.91 Å². The van der Waals surface area contributed by atoms with Crippen LogP contribution in [0.25, 0.3) is 0 Å². The zero-order valence-corrected chi connectivity index (χ0v) is 18.1. The summed E-state index contributed by atoms with van der Waals surface area (Å²) in [6, 6.07) is 7.04. The van der Waals surface area contributed by atoms with E-state index in [1.807, 2.05) is 24.8 Å². The summed E-state index contributed by atoms with van der Waals surface area (Å²) >= 11 is 0. The van der Waals surface area contributed by atoms with Crippen LogP contribution >= 0.6 is 0 Å². The maximum Gasteiger partial charge on any atom is 0.257 e. The minimum Gasteiger partial charge on any atom is -0.377 e. The highest BCUT2D eigenvalue weighted by Gasteiger charge is 2.41. The molecule has 0 bridgehead atoms. The number of likely N-dealkylation sites (tertiary alicyclic amines) is 1. The summed E-state index contributed by atoms with van der Waals surface area (Å²) in [6.07, 6.45) is 4.74. The molecule has 2 saturated heterocycles. The first-order valence-corrected chi connectivity index (χ1v) is 10.9. The highest BCUT2D eigenvalue weighted by atomic mass is 19.1. The predicted octanol–water partition coefficient (Wildman–Crippen LogP) is 2.44. The molecule has 0 radical (unpaired) electrons. The molecule has 0 saturated carbocycles. The smallest absolute Gasteiger partial charge is 0.257 e. The highest BCUT2D eigenvalue weighted by molar-refractivity contribution is 5.96. The van der Waals surface area contributed by atoms with Gasteiger partial charge in [-0.2, -0.15) is 0 Å². The Hall–Kier alpha value is -2.80. The van der Waals surface area contributed by atoms with Gasteiger partial charge in [-0.25, -0.2) is 14.4 Å². The average Bonchev–Trinajstić information content (AvgIpc) is 3.26. The van der Waals surface area contributed by atoms with E-state index in [1.165, 1.54) is 18.0 Å². The minimum atomic E-state index is -0.166. The van der Waals surface area contributed by atoms with E-state index in [2.05, 4.69) is 26.4 Å². The van der Waals surface area contributed by atoms with E-state index in [0.717, 1.165) is 56.1 Å². The number of rotatable bonds is 5. The molecule has 2 aromatic rings. The molecule has 6 nitrogen and oxygen atoms in total. The van der Waals surface area contributed by atoms with Crippen molar-refractivity contribution in [2.75, 3.05) is 39.3 Å². The van der Waals surface area contributed by atoms with Crippen molar-refractivity contribution in [2.24, 2.45) is 5.92 Å². The fourth-order valence-corrected chi connectivity index (χ4v) is 5.19. The van der Waals surface area contributed by atoms with E-state index >= 15 is 0 Å². The van der Waals surface area contributed by atoms with Gasteiger partial charge in [0.15, 0.2) is 0 Å². The van der Waals surface area contributed by atoms with Gasteiger partial charge in [0.1, 0.15) is 12.1 Å². The van der Waals surface area contributed by atoms with E-state index < -0.39 is 0 Å². The van der Waals surface area contributed by atoms with Crippen LogP contribution in [0.4, 0.5) is 4.39 Å². The number of amides is 1. The number of halogens is 1. The number of nitrogens with one attached hydrogen (secondary N) is 1. The molecule has 31 heavy (non-hydrogen) atoms. The Morgan fingerprint density at radius 3 is 2.65 bits per heavy atom. The molecular weight excluding hydrogens is 393 g/mol. The van der Waals surface area contributed by atoms with Crippen molar-refractivity contribution in [1.29, 1.82) is 0 Å². The van der Waals surface area contributed by atoms with Gasteiger partial charge >= 0.3 is 0 Å². The van der Waals surface area contributed by atoms with Gasteiger partial charge in [0.05, 0.1) is 17.0 Å². The van der Waals surface area contributed by atoms with Crippen molar-refractivity contribution < 1.29 is 9.18 Å². The second-order valence-corrected chi connectivity index (χ2v) is 9.15. The molecule has 1 amide bonds. The molecule has 1 N–H and O–H groups in total. The quantitative estimate of drug-likeness (QED) is 0.804. The van der Waals surface area contributed by atoms with Gasteiger partial charge in [-0.3, -0.25) is 4.79 Å². The molecule has 0 aliphatic carbocycles. The standard InChI is InChI=1S/C24H28FN5O/c1-16-22(17(2)28-15-27-16)23(31)30-11-18-9-29(10-19(18)12-30)7-6-24(13-26-14-24)20-4-3-5-21(25)8-20/h3-5,8-9,15,19,26H,6-7,10-14H2,1-2H3. The lowest BCUT2D eigenvalue weighted by molar-refractivity contribution is 0.0782. The summed E-state index contributed by atoms with van der Waals surface area (Å²) in [5.41, 5.74) is 4.54. The average molecular weight is 422 g/mol. The van der Waals surface area contributed by atoms with Crippen LogP contribution in [0.2, 0.25) is 0 Å². The Bertz CT molecular complexity index is 1030. The number of aromatic nitrogens is 2. The van der Waals surface area contributed by atoms with Crippen molar-refractivity contribution in [1.82, 2.24) is 25.1 Å². The minimum absolute atomic E-state index is 0.0165. The van der Waals surface area contributed by atoms with Gasteiger partial charge in [-0.1, -0.05) is 12.1 Å². The molecule has 0 spiro atoms. The summed E-state index contributed by atoms with van der Waals surface area (Å²) < 4.78 is 13.7. The summed E-state index contributed by atoms with van der Waals surface area (Å²) in [4.78, 5) is 25.8. The topological polar surface area (TPSA) is 61.4 Å². The first kappa shape index (κ1) is 20.1. The first-order chi connectivity index (χ1) is 14.9.